The predicted molar refractivity (Wildman–Crippen MR) is 117 cm³/mol. The summed E-state index contributed by atoms with van der Waals surface area (Å²) in [6.45, 7) is 3.56. The third-order valence-electron chi connectivity index (χ3n) is 4.46. The molecule has 1 amide bonds. The minimum Gasteiger partial charge on any atom is -0.351 e. The van der Waals surface area contributed by atoms with E-state index in [2.05, 4.69) is 16.0 Å². The van der Waals surface area contributed by atoms with Gasteiger partial charge in [0, 0.05) is 22.5 Å². The van der Waals surface area contributed by atoms with Gasteiger partial charge in [0.05, 0.1) is 16.5 Å². The Morgan fingerprint density at radius 2 is 1.93 bits per heavy atom. The van der Waals surface area contributed by atoms with Gasteiger partial charge in [0.25, 0.3) is 11.6 Å². The molecule has 29 heavy (non-hydrogen) atoms. The number of amides is 1. The molecule has 150 valence electrons. The van der Waals surface area contributed by atoms with Crippen molar-refractivity contribution in [1.29, 1.82) is 0 Å². The fourth-order valence-corrected chi connectivity index (χ4v) is 3.64. The predicted octanol–water partition coefficient (Wildman–Crippen LogP) is 4.64. The first-order chi connectivity index (χ1) is 13.7. The van der Waals surface area contributed by atoms with Gasteiger partial charge in [-0.2, -0.15) is 0 Å². The Hall–Kier alpha value is -2.68. The van der Waals surface area contributed by atoms with Crippen LogP contribution in [0.25, 0.3) is 0 Å². The van der Waals surface area contributed by atoms with Crippen molar-refractivity contribution in [3.63, 3.8) is 0 Å². The van der Waals surface area contributed by atoms with E-state index in [4.69, 9.17) is 35.4 Å². The molecular weight excluding hydrogens is 435 g/mol. The smallest absolute Gasteiger partial charge is 0.288 e. The number of anilines is 1. The zero-order chi connectivity index (χ0) is 21.3. The standard InChI is InChI=1S/C19H16Cl2N4O3S/c1-9-3-5-12(20)8-14(9)23-18(26)16-10(2)22-19(29)24-17(16)11-4-6-13(21)15(7-11)25(27)28/h3-8,17H,1-2H3,(H,23,26)(H2,22,24,29). The molecule has 7 nitrogen and oxygen atoms in total. The average Bonchev–Trinajstić information content (AvgIpc) is 2.64. The summed E-state index contributed by atoms with van der Waals surface area (Å²) in [6.07, 6.45) is 0. The van der Waals surface area contributed by atoms with Crippen LogP contribution >= 0.6 is 35.4 Å². The Morgan fingerprint density at radius 1 is 1.21 bits per heavy atom. The SMILES string of the molecule is CC1=C(C(=O)Nc2cc(Cl)ccc2C)C(c2ccc(Cl)c([N+](=O)[O-])c2)NC(=S)N1. The van der Waals surface area contributed by atoms with Crippen molar-refractivity contribution in [2.75, 3.05) is 5.32 Å². The second-order valence-electron chi connectivity index (χ2n) is 6.45. The molecule has 0 saturated carbocycles. The summed E-state index contributed by atoms with van der Waals surface area (Å²) in [5.41, 5.74) is 2.52. The topological polar surface area (TPSA) is 96.3 Å². The van der Waals surface area contributed by atoms with Gasteiger partial charge >= 0.3 is 0 Å². The second kappa shape index (κ2) is 8.36. The highest BCUT2D eigenvalue weighted by atomic mass is 35.5. The van der Waals surface area contributed by atoms with Crippen LogP contribution in [-0.4, -0.2) is 15.9 Å². The summed E-state index contributed by atoms with van der Waals surface area (Å²) in [5.74, 6) is -0.391. The number of allylic oxidation sites excluding steroid dienone is 1. The van der Waals surface area contributed by atoms with Gasteiger partial charge in [-0.3, -0.25) is 14.9 Å². The van der Waals surface area contributed by atoms with Crippen molar-refractivity contribution in [3.05, 3.63) is 79.0 Å². The van der Waals surface area contributed by atoms with E-state index in [0.29, 0.717) is 32.7 Å². The first-order valence-corrected chi connectivity index (χ1v) is 9.63. The number of nitro groups is 1. The van der Waals surface area contributed by atoms with Gasteiger partial charge in [-0.15, -0.1) is 0 Å². The van der Waals surface area contributed by atoms with Crippen LogP contribution in [0.15, 0.2) is 47.7 Å². The van der Waals surface area contributed by atoms with E-state index in [1.165, 1.54) is 12.1 Å². The highest BCUT2D eigenvalue weighted by Gasteiger charge is 2.31. The maximum Gasteiger partial charge on any atom is 0.288 e. The first kappa shape index (κ1) is 21.0. The van der Waals surface area contributed by atoms with E-state index < -0.39 is 16.9 Å². The van der Waals surface area contributed by atoms with E-state index in [-0.39, 0.29) is 10.7 Å². The number of rotatable bonds is 4. The van der Waals surface area contributed by atoms with Crippen LogP contribution in [0.4, 0.5) is 11.4 Å². The molecule has 2 aromatic rings. The van der Waals surface area contributed by atoms with Gasteiger partial charge < -0.3 is 16.0 Å². The summed E-state index contributed by atoms with van der Waals surface area (Å²) >= 11 is 17.2. The number of aryl methyl sites for hydroxylation is 1. The number of nitro benzene ring substituents is 1. The lowest BCUT2D eigenvalue weighted by molar-refractivity contribution is -0.384. The van der Waals surface area contributed by atoms with Gasteiger partial charge in [0.15, 0.2) is 5.11 Å². The number of halogens is 2. The molecule has 10 heteroatoms. The van der Waals surface area contributed by atoms with E-state index in [1.807, 2.05) is 6.92 Å². The molecule has 0 radical (unpaired) electrons. The lowest BCUT2D eigenvalue weighted by Gasteiger charge is -2.30. The summed E-state index contributed by atoms with van der Waals surface area (Å²) in [5, 5.41) is 20.9. The van der Waals surface area contributed by atoms with Crippen molar-refractivity contribution in [2.45, 2.75) is 19.9 Å². The van der Waals surface area contributed by atoms with Crippen LogP contribution in [0, 0.1) is 17.0 Å². The van der Waals surface area contributed by atoms with Crippen LogP contribution in [-0.2, 0) is 4.79 Å². The van der Waals surface area contributed by atoms with E-state index in [1.54, 1.807) is 31.2 Å². The molecule has 2 aromatic carbocycles. The molecule has 0 spiro atoms. The monoisotopic (exact) mass is 450 g/mol. The van der Waals surface area contributed by atoms with Crippen molar-refractivity contribution >= 4 is 57.8 Å². The Bertz CT molecular complexity index is 1070. The Labute approximate surface area is 182 Å². The Kier molecular flexibility index (Phi) is 6.07. The summed E-state index contributed by atoms with van der Waals surface area (Å²) in [4.78, 5) is 23.8. The quantitative estimate of drug-likeness (QED) is 0.356. The zero-order valence-electron chi connectivity index (χ0n) is 15.4. The van der Waals surface area contributed by atoms with Gasteiger partial charge in [-0.1, -0.05) is 35.3 Å². The highest BCUT2D eigenvalue weighted by Crippen LogP contribution is 2.33. The molecule has 1 unspecified atom stereocenters. The fraction of sp³-hybridized carbons (Fsp3) is 0.158. The molecule has 0 fully saturated rings. The zero-order valence-corrected chi connectivity index (χ0v) is 17.7. The third-order valence-corrected chi connectivity index (χ3v) is 5.24. The minimum absolute atomic E-state index is 0.0107. The number of benzene rings is 2. The maximum absolute atomic E-state index is 13.1. The number of carbonyl (C=O) groups is 1. The molecule has 0 aromatic heterocycles. The van der Waals surface area contributed by atoms with E-state index in [0.717, 1.165) is 5.56 Å². The van der Waals surface area contributed by atoms with Crippen molar-refractivity contribution in [2.24, 2.45) is 0 Å². The van der Waals surface area contributed by atoms with E-state index >= 15 is 0 Å². The van der Waals surface area contributed by atoms with Gasteiger partial charge in [0.2, 0.25) is 0 Å². The van der Waals surface area contributed by atoms with Crippen LogP contribution in [0.1, 0.15) is 24.1 Å². The number of thiocarbonyl (C=S) groups is 1. The van der Waals surface area contributed by atoms with Crippen molar-refractivity contribution in [3.8, 4) is 0 Å². The van der Waals surface area contributed by atoms with Crippen LogP contribution in [0.3, 0.4) is 0 Å². The molecular formula is C19H16Cl2N4O3S. The average molecular weight is 451 g/mol. The van der Waals surface area contributed by atoms with Crippen LogP contribution in [0.5, 0.6) is 0 Å². The third kappa shape index (κ3) is 4.50. The first-order valence-electron chi connectivity index (χ1n) is 8.47. The minimum atomic E-state index is -0.695. The van der Waals surface area contributed by atoms with Crippen molar-refractivity contribution in [1.82, 2.24) is 10.6 Å². The number of nitrogens with one attached hydrogen (secondary N) is 3. The van der Waals surface area contributed by atoms with Gasteiger partial charge in [0.1, 0.15) is 5.02 Å². The summed E-state index contributed by atoms with van der Waals surface area (Å²) in [6, 6.07) is 8.86. The lowest BCUT2D eigenvalue weighted by atomic mass is 9.94. The molecule has 1 atom stereocenters. The van der Waals surface area contributed by atoms with Crippen LogP contribution in [0.2, 0.25) is 10.0 Å². The molecule has 3 rings (SSSR count). The Morgan fingerprint density at radius 3 is 2.62 bits per heavy atom. The van der Waals surface area contributed by atoms with Gasteiger partial charge in [-0.25, -0.2) is 0 Å². The number of hydrogen-bond acceptors (Lipinski definition) is 4. The second-order valence-corrected chi connectivity index (χ2v) is 7.70. The van der Waals surface area contributed by atoms with Gasteiger partial charge in [-0.05, 0) is 55.4 Å². The van der Waals surface area contributed by atoms with Crippen LogP contribution < -0.4 is 16.0 Å². The normalized spacial score (nSPS) is 16.1. The van der Waals surface area contributed by atoms with E-state index in [9.17, 15) is 14.9 Å². The number of nitrogens with zero attached hydrogens (tertiary/aromatic N) is 1. The lowest BCUT2D eigenvalue weighted by Crippen LogP contribution is -2.45. The summed E-state index contributed by atoms with van der Waals surface area (Å²) in [7, 11) is 0. The molecule has 1 aliphatic heterocycles. The highest BCUT2D eigenvalue weighted by molar-refractivity contribution is 7.80. The largest absolute Gasteiger partial charge is 0.351 e. The molecule has 3 N–H and O–H groups in total. The fourth-order valence-electron chi connectivity index (χ4n) is 3.01. The molecule has 1 aliphatic rings. The number of hydrogen-bond donors (Lipinski definition) is 3. The maximum atomic E-state index is 13.1. The molecule has 1 heterocycles. The molecule has 0 saturated heterocycles. The molecule has 0 bridgehead atoms. The Balaban J connectivity index is 2.02. The molecule has 0 aliphatic carbocycles. The number of carbonyl (C=O) groups excluding carboxylic acids is 1. The van der Waals surface area contributed by atoms with Crippen molar-refractivity contribution < 1.29 is 9.72 Å². The summed E-state index contributed by atoms with van der Waals surface area (Å²) < 4.78 is 0.